The predicted molar refractivity (Wildman–Crippen MR) is 98.0 cm³/mol. The first kappa shape index (κ1) is 17.3. The van der Waals surface area contributed by atoms with Gasteiger partial charge in [-0.1, -0.05) is 36.2 Å². The molecule has 0 fully saturated rings. The van der Waals surface area contributed by atoms with Crippen LogP contribution < -0.4 is 5.32 Å². The van der Waals surface area contributed by atoms with Crippen molar-refractivity contribution in [2.24, 2.45) is 0 Å². The summed E-state index contributed by atoms with van der Waals surface area (Å²) in [7, 11) is 0. The fourth-order valence-electron chi connectivity index (χ4n) is 2.15. The number of nitrogens with one attached hydrogen (secondary N) is 1. The number of hydrogen-bond donors (Lipinski definition) is 1. The largest absolute Gasteiger partial charge is 0.309 e. The molecule has 2 aromatic rings. The zero-order chi connectivity index (χ0) is 15.4. The van der Waals surface area contributed by atoms with Gasteiger partial charge in [0.25, 0.3) is 0 Å². The van der Waals surface area contributed by atoms with Crippen molar-refractivity contribution in [1.82, 2.24) is 5.32 Å². The standard InChI is InChI=1S/C16H18BrCl2NS/c1-3-6-20-14(15-7-10(2)16(17)21-15)8-11-4-5-12(18)9-13(11)19/h4-5,7,9,14,20H,3,6,8H2,1-2H3. The Bertz CT molecular complexity index is 593. The molecule has 0 aliphatic heterocycles. The van der Waals surface area contributed by atoms with E-state index in [9.17, 15) is 0 Å². The molecule has 0 amide bonds. The maximum Gasteiger partial charge on any atom is 0.0731 e. The van der Waals surface area contributed by atoms with Gasteiger partial charge in [-0.15, -0.1) is 11.3 Å². The van der Waals surface area contributed by atoms with Gasteiger partial charge in [-0.3, -0.25) is 0 Å². The Morgan fingerprint density at radius 2 is 2.05 bits per heavy atom. The molecule has 0 saturated carbocycles. The van der Waals surface area contributed by atoms with E-state index in [-0.39, 0.29) is 6.04 Å². The number of hydrogen-bond acceptors (Lipinski definition) is 2. The highest BCUT2D eigenvalue weighted by molar-refractivity contribution is 9.11. The molecule has 1 nitrogen and oxygen atoms in total. The normalized spacial score (nSPS) is 12.6. The summed E-state index contributed by atoms with van der Waals surface area (Å²) in [4.78, 5) is 1.33. The van der Waals surface area contributed by atoms with Crippen LogP contribution >= 0.6 is 50.5 Å². The van der Waals surface area contributed by atoms with Crippen LogP contribution in [0, 0.1) is 6.92 Å². The molecule has 21 heavy (non-hydrogen) atoms. The number of rotatable bonds is 6. The van der Waals surface area contributed by atoms with E-state index < -0.39 is 0 Å². The van der Waals surface area contributed by atoms with Crippen molar-refractivity contribution in [3.8, 4) is 0 Å². The van der Waals surface area contributed by atoms with Gasteiger partial charge in [0.05, 0.1) is 3.79 Å². The molecular weight excluding hydrogens is 389 g/mol. The van der Waals surface area contributed by atoms with Gasteiger partial charge in [-0.05, 0) is 71.6 Å². The average molecular weight is 407 g/mol. The van der Waals surface area contributed by atoms with E-state index in [0.717, 1.165) is 30.0 Å². The topological polar surface area (TPSA) is 12.0 Å². The molecule has 0 aliphatic carbocycles. The average Bonchev–Trinajstić information content (AvgIpc) is 2.77. The Kier molecular flexibility index (Phi) is 6.57. The smallest absolute Gasteiger partial charge is 0.0731 e. The van der Waals surface area contributed by atoms with E-state index in [4.69, 9.17) is 23.2 Å². The summed E-state index contributed by atoms with van der Waals surface area (Å²) < 4.78 is 1.20. The summed E-state index contributed by atoms with van der Waals surface area (Å²) in [5, 5.41) is 5.03. The maximum atomic E-state index is 6.31. The minimum atomic E-state index is 0.277. The summed E-state index contributed by atoms with van der Waals surface area (Å²) in [5.74, 6) is 0. The zero-order valence-corrected chi connectivity index (χ0v) is 16.0. The molecule has 2 rings (SSSR count). The molecule has 0 aliphatic rings. The van der Waals surface area contributed by atoms with Crippen LogP contribution in [-0.4, -0.2) is 6.54 Å². The van der Waals surface area contributed by atoms with Gasteiger partial charge in [0, 0.05) is 21.0 Å². The summed E-state index contributed by atoms with van der Waals surface area (Å²) in [5.41, 5.74) is 2.40. The SMILES string of the molecule is CCCNC(Cc1ccc(Cl)cc1Cl)c1cc(C)c(Br)s1. The van der Waals surface area contributed by atoms with E-state index in [1.807, 2.05) is 18.2 Å². The van der Waals surface area contributed by atoms with Gasteiger partial charge in [0.1, 0.15) is 0 Å². The lowest BCUT2D eigenvalue weighted by Gasteiger charge is -2.18. The Morgan fingerprint density at radius 1 is 1.29 bits per heavy atom. The van der Waals surface area contributed by atoms with Crippen molar-refractivity contribution in [1.29, 1.82) is 0 Å². The van der Waals surface area contributed by atoms with Crippen molar-refractivity contribution >= 4 is 50.5 Å². The first-order chi connectivity index (χ1) is 10.0. The lowest BCUT2D eigenvalue weighted by molar-refractivity contribution is 0.536. The van der Waals surface area contributed by atoms with Crippen molar-refractivity contribution in [2.45, 2.75) is 32.7 Å². The lowest BCUT2D eigenvalue weighted by atomic mass is 10.0. The Labute approximate surface area is 148 Å². The highest BCUT2D eigenvalue weighted by Gasteiger charge is 2.17. The third-order valence-electron chi connectivity index (χ3n) is 3.30. The lowest BCUT2D eigenvalue weighted by Crippen LogP contribution is -2.23. The fraction of sp³-hybridized carbons (Fsp3) is 0.375. The van der Waals surface area contributed by atoms with Crippen molar-refractivity contribution in [2.75, 3.05) is 6.54 Å². The van der Waals surface area contributed by atoms with E-state index in [2.05, 4.69) is 41.2 Å². The van der Waals surface area contributed by atoms with Crippen LogP contribution in [-0.2, 0) is 6.42 Å². The second-order valence-electron chi connectivity index (χ2n) is 5.05. The van der Waals surface area contributed by atoms with Crippen molar-refractivity contribution in [3.05, 3.63) is 54.1 Å². The van der Waals surface area contributed by atoms with E-state index in [0.29, 0.717) is 5.02 Å². The molecule has 0 radical (unpaired) electrons. The molecule has 1 atom stereocenters. The second kappa shape index (κ2) is 7.98. The minimum absolute atomic E-state index is 0.277. The highest BCUT2D eigenvalue weighted by Crippen LogP contribution is 2.34. The van der Waals surface area contributed by atoms with E-state index in [1.54, 1.807) is 11.3 Å². The predicted octanol–water partition coefficient (Wildman–Crippen LogP) is 6.41. The first-order valence-corrected chi connectivity index (χ1v) is 9.31. The zero-order valence-electron chi connectivity index (χ0n) is 12.1. The molecule has 1 unspecified atom stereocenters. The van der Waals surface area contributed by atoms with Crippen LogP contribution in [0.3, 0.4) is 0 Å². The summed E-state index contributed by atoms with van der Waals surface area (Å²) in [6.07, 6.45) is 1.97. The molecule has 0 bridgehead atoms. The Hall–Kier alpha value is -0.0600. The van der Waals surface area contributed by atoms with Gasteiger partial charge in [-0.25, -0.2) is 0 Å². The fourth-order valence-corrected chi connectivity index (χ4v) is 4.29. The van der Waals surface area contributed by atoms with Gasteiger partial charge in [-0.2, -0.15) is 0 Å². The molecule has 0 spiro atoms. The maximum absolute atomic E-state index is 6.31. The number of aryl methyl sites for hydroxylation is 1. The van der Waals surface area contributed by atoms with Gasteiger partial charge in [0.15, 0.2) is 0 Å². The number of benzene rings is 1. The quantitative estimate of drug-likeness (QED) is 0.584. The Morgan fingerprint density at radius 3 is 2.62 bits per heavy atom. The van der Waals surface area contributed by atoms with Gasteiger partial charge in [0.2, 0.25) is 0 Å². The summed E-state index contributed by atoms with van der Waals surface area (Å²) in [6, 6.07) is 8.24. The first-order valence-electron chi connectivity index (χ1n) is 6.94. The van der Waals surface area contributed by atoms with Gasteiger partial charge >= 0.3 is 0 Å². The minimum Gasteiger partial charge on any atom is -0.309 e. The number of halogens is 3. The molecule has 1 aromatic heterocycles. The van der Waals surface area contributed by atoms with Crippen molar-refractivity contribution < 1.29 is 0 Å². The summed E-state index contributed by atoms with van der Waals surface area (Å²) in [6.45, 7) is 5.29. The van der Waals surface area contributed by atoms with Crippen LogP contribution in [0.5, 0.6) is 0 Å². The molecule has 5 heteroatoms. The van der Waals surface area contributed by atoms with E-state index in [1.165, 1.54) is 14.2 Å². The molecule has 0 saturated heterocycles. The van der Waals surface area contributed by atoms with E-state index >= 15 is 0 Å². The Balaban J connectivity index is 2.23. The molecule has 114 valence electrons. The third-order valence-corrected chi connectivity index (χ3v) is 6.14. The summed E-state index contributed by atoms with van der Waals surface area (Å²) >= 11 is 17.7. The molecular formula is C16H18BrCl2NS. The number of thiophene rings is 1. The van der Waals surface area contributed by atoms with Gasteiger partial charge < -0.3 is 5.32 Å². The van der Waals surface area contributed by atoms with Crippen LogP contribution in [0.2, 0.25) is 10.0 Å². The molecule has 1 aromatic carbocycles. The second-order valence-corrected chi connectivity index (χ2v) is 8.30. The molecule has 1 N–H and O–H groups in total. The van der Waals surface area contributed by atoms with Crippen LogP contribution in [0.4, 0.5) is 0 Å². The van der Waals surface area contributed by atoms with Crippen LogP contribution in [0.25, 0.3) is 0 Å². The third kappa shape index (κ3) is 4.70. The molecule has 1 heterocycles. The van der Waals surface area contributed by atoms with Crippen LogP contribution in [0.15, 0.2) is 28.1 Å². The van der Waals surface area contributed by atoms with Crippen molar-refractivity contribution in [3.63, 3.8) is 0 Å². The van der Waals surface area contributed by atoms with Crippen LogP contribution in [0.1, 0.15) is 35.4 Å². The highest BCUT2D eigenvalue weighted by atomic mass is 79.9. The monoisotopic (exact) mass is 405 g/mol.